The molecule has 3 aliphatic heterocycles. The predicted octanol–water partition coefficient (Wildman–Crippen LogP) is 11.4. The Morgan fingerprint density at radius 1 is 0.521 bits per heavy atom. The normalized spacial score (nSPS) is 23.3. The van der Waals surface area contributed by atoms with Crippen molar-refractivity contribution in [2.75, 3.05) is 19.6 Å². The monoisotopic (exact) mass is 1010 g/mol. The molecule has 6 aliphatic rings. The van der Waals surface area contributed by atoms with Crippen LogP contribution < -0.4 is 9.50 Å². The first-order chi connectivity index (χ1) is 33.7. The van der Waals surface area contributed by atoms with E-state index in [4.69, 9.17) is 0 Å². The standard InChI is InChI=1S/C20H18F3NO.C18H19N.C15H13F6NO4S/c21-20(22,23)19(25)24-10-4-7-16-17-11-14(13-5-2-1-3-6-13)8-9-15(17)12-18(16)24;1-2-5-13(6-3-1)14-8-9-15-12-18-16(17(15)11-14)7-4-10-19-18;16-14(17,18)13(23)22-5-1-2-10-11-7-9(4-3-8(11)6-12(10)22)26-27(24,25)15(19,20)21/h1-3,5-6,8-9,11,16,18H,4,7,10,12H2;1-3,5-6,8-9,11,16,18-19H,4,7,10,12H2;3-4,7,10,12H,1-2,5-6H2/t2*16-,18+;10-,12+/m111/s1. The molecule has 8 nitrogen and oxygen atoms in total. The number of hydrogen-bond donors (Lipinski definition) is 1. The second-order valence-corrected chi connectivity index (χ2v) is 20.5. The zero-order valence-corrected chi connectivity index (χ0v) is 39.0. The Labute approximate surface area is 405 Å². The molecule has 5 aromatic carbocycles. The number of nitrogens with one attached hydrogen (secondary N) is 1. The number of nitrogens with zero attached hydrogens (tertiary/aromatic N) is 2. The van der Waals surface area contributed by atoms with Crippen LogP contribution >= 0.6 is 0 Å². The highest BCUT2D eigenvalue weighted by atomic mass is 32.2. The first-order valence-electron chi connectivity index (χ1n) is 23.7. The SMILES string of the molecule is O=C(N1CCC[C@@H]2c3cc(-c4ccccc4)ccc3C[C@@H]21)C(F)(F)F.O=C(N1CCC[C@@H]2c3cc(OS(=O)(=O)C(F)(F)F)ccc3C[C@@H]21)C(F)(F)F.c1ccc(-c2ccc3c(c2)[C@H]2CCCN[C@H]2C3)cc1. The summed E-state index contributed by atoms with van der Waals surface area (Å²) in [4.78, 5) is 25.2. The molecule has 0 aromatic heterocycles. The third kappa shape index (κ3) is 10.4. The van der Waals surface area contributed by atoms with Crippen molar-refractivity contribution >= 4 is 21.9 Å². The zero-order valence-electron chi connectivity index (χ0n) is 38.2. The molecule has 3 heterocycles. The largest absolute Gasteiger partial charge is 0.534 e. The van der Waals surface area contributed by atoms with Gasteiger partial charge >= 0.3 is 39.8 Å². The Hall–Kier alpha value is -5.88. The van der Waals surface area contributed by atoms with E-state index in [2.05, 4.69) is 64.1 Å². The number of likely N-dealkylation sites (tertiary alicyclic amines) is 2. The van der Waals surface area contributed by atoms with Crippen molar-refractivity contribution in [2.45, 2.75) is 112 Å². The molecule has 3 fully saturated rings. The van der Waals surface area contributed by atoms with Gasteiger partial charge in [0.05, 0.1) is 0 Å². The van der Waals surface area contributed by atoms with Crippen LogP contribution in [0.2, 0.25) is 0 Å². The summed E-state index contributed by atoms with van der Waals surface area (Å²) in [5.74, 6) is -4.02. The van der Waals surface area contributed by atoms with Gasteiger partial charge in [0.15, 0.2) is 0 Å². The molecular formula is C53H50F9N3O5S. The molecule has 71 heavy (non-hydrogen) atoms. The van der Waals surface area contributed by atoms with Gasteiger partial charge in [0.25, 0.3) is 0 Å². The summed E-state index contributed by atoms with van der Waals surface area (Å²) in [5, 5.41) is 3.69. The van der Waals surface area contributed by atoms with E-state index in [9.17, 15) is 57.5 Å². The van der Waals surface area contributed by atoms with Crippen LogP contribution in [0.4, 0.5) is 39.5 Å². The average Bonchev–Trinajstić information content (AvgIpc) is 4.04. The number of rotatable bonds is 4. The van der Waals surface area contributed by atoms with Crippen LogP contribution in [-0.4, -0.2) is 85.7 Å². The quantitative estimate of drug-likeness (QED) is 0.109. The van der Waals surface area contributed by atoms with Crippen LogP contribution in [0.25, 0.3) is 22.3 Å². The molecule has 3 saturated heterocycles. The number of piperidine rings is 3. The van der Waals surface area contributed by atoms with Crippen molar-refractivity contribution in [3.63, 3.8) is 0 Å². The van der Waals surface area contributed by atoms with Crippen LogP contribution in [-0.2, 0) is 39.0 Å². The van der Waals surface area contributed by atoms with Crippen LogP contribution in [0.1, 0.15) is 89.7 Å². The molecule has 0 bridgehead atoms. The van der Waals surface area contributed by atoms with E-state index in [-0.39, 0.29) is 37.9 Å². The molecule has 1 N–H and O–H groups in total. The second kappa shape index (κ2) is 19.6. The number of amides is 2. The number of halogens is 9. The van der Waals surface area contributed by atoms with Gasteiger partial charge in [0.2, 0.25) is 0 Å². The summed E-state index contributed by atoms with van der Waals surface area (Å²) in [6, 6.07) is 36.8. The molecule has 2 amide bonds. The topological polar surface area (TPSA) is 96.0 Å². The molecule has 6 atom stereocenters. The van der Waals surface area contributed by atoms with Gasteiger partial charge in [-0.1, -0.05) is 103 Å². The summed E-state index contributed by atoms with van der Waals surface area (Å²) in [6.07, 6.45) is -3.17. The lowest BCUT2D eigenvalue weighted by Gasteiger charge is -2.38. The number of hydrogen-bond acceptors (Lipinski definition) is 6. The molecule has 0 saturated carbocycles. The summed E-state index contributed by atoms with van der Waals surface area (Å²) in [7, 11) is -5.85. The van der Waals surface area contributed by atoms with Gasteiger partial charge in [-0.3, -0.25) is 9.59 Å². The van der Waals surface area contributed by atoms with E-state index in [0.29, 0.717) is 36.4 Å². The third-order valence-corrected chi connectivity index (χ3v) is 15.7. The van der Waals surface area contributed by atoms with Gasteiger partial charge < -0.3 is 19.3 Å². The van der Waals surface area contributed by atoms with E-state index in [0.717, 1.165) is 56.5 Å². The van der Waals surface area contributed by atoms with Gasteiger partial charge in [-0.25, -0.2) is 0 Å². The van der Waals surface area contributed by atoms with Gasteiger partial charge in [0.1, 0.15) is 5.75 Å². The van der Waals surface area contributed by atoms with Crippen molar-refractivity contribution in [3.8, 4) is 28.0 Å². The smallest absolute Gasteiger partial charge is 0.376 e. The minimum absolute atomic E-state index is 0.00119. The second-order valence-electron chi connectivity index (χ2n) is 18.9. The van der Waals surface area contributed by atoms with Crippen LogP contribution in [0.5, 0.6) is 5.75 Å². The number of carbonyl (C=O) groups excluding carboxylic acids is 2. The molecule has 0 spiro atoms. The fourth-order valence-electron chi connectivity index (χ4n) is 11.6. The number of benzene rings is 5. The molecule has 376 valence electrons. The number of fused-ring (bicyclic) bond motifs is 9. The van der Waals surface area contributed by atoms with E-state index in [1.54, 1.807) is 11.1 Å². The molecule has 11 rings (SSSR count). The first-order valence-corrected chi connectivity index (χ1v) is 25.1. The molecule has 0 unspecified atom stereocenters. The van der Waals surface area contributed by atoms with Gasteiger partial charge in [-0.2, -0.15) is 47.9 Å². The third-order valence-electron chi connectivity index (χ3n) is 14.8. The lowest BCUT2D eigenvalue weighted by molar-refractivity contribution is -0.189. The van der Waals surface area contributed by atoms with Gasteiger partial charge in [-0.15, -0.1) is 0 Å². The zero-order chi connectivity index (χ0) is 50.5. The average molecular weight is 1010 g/mol. The molecule has 18 heteroatoms. The van der Waals surface area contributed by atoms with Crippen molar-refractivity contribution < 1.29 is 61.7 Å². The minimum Gasteiger partial charge on any atom is -0.376 e. The molecule has 3 aliphatic carbocycles. The fourth-order valence-corrected chi connectivity index (χ4v) is 12.1. The van der Waals surface area contributed by atoms with E-state index < -0.39 is 57.5 Å². The first kappa shape index (κ1) is 50.1. The highest BCUT2D eigenvalue weighted by Gasteiger charge is 2.52. The Morgan fingerprint density at radius 2 is 0.958 bits per heavy atom. The highest BCUT2D eigenvalue weighted by Crippen LogP contribution is 2.47. The predicted molar refractivity (Wildman–Crippen MR) is 248 cm³/mol. The van der Waals surface area contributed by atoms with E-state index in [1.165, 1.54) is 43.0 Å². The Morgan fingerprint density at radius 3 is 1.44 bits per heavy atom. The maximum atomic E-state index is 12.9. The molecule has 0 radical (unpaired) electrons. The molecule has 5 aromatic rings. The van der Waals surface area contributed by atoms with Crippen molar-refractivity contribution in [3.05, 3.63) is 149 Å². The summed E-state index contributed by atoms with van der Waals surface area (Å²) < 4.78 is 141. The lowest BCUT2D eigenvalue weighted by atomic mass is 9.87. The Balaban J connectivity index is 0.000000134. The van der Waals surface area contributed by atoms with Crippen LogP contribution in [0.15, 0.2) is 115 Å². The van der Waals surface area contributed by atoms with Crippen LogP contribution in [0, 0.1) is 0 Å². The number of carbonyl (C=O) groups is 2. The number of alkyl halides is 9. The van der Waals surface area contributed by atoms with Crippen molar-refractivity contribution in [1.29, 1.82) is 0 Å². The summed E-state index contributed by atoms with van der Waals surface area (Å²) in [6.45, 7) is 1.32. The highest BCUT2D eigenvalue weighted by molar-refractivity contribution is 7.88. The maximum absolute atomic E-state index is 12.9. The van der Waals surface area contributed by atoms with E-state index in [1.807, 2.05) is 42.5 Å². The van der Waals surface area contributed by atoms with Gasteiger partial charge in [-0.05, 0) is 138 Å². The fraction of sp³-hybridized carbons (Fsp3) is 0.396. The van der Waals surface area contributed by atoms with Gasteiger partial charge in [0, 0.05) is 43.1 Å². The van der Waals surface area contributed by atoms with E-state index >= 15 is 0 Å². The van der Waals surface area contributed by atoms with Crippen molar-refractivity contribution in [2.24, 2.45) is 0 Å². The molecular weight excluding hydrogens is 962 g/mol. The van der Waals surface area contributed by atoms with Crippen LogP contribution in [0.3, 0.4) is 0 Å². The lowest BCUT2D eigenvalue weighted by Crippen LogP contribution is -2.51. The summed E-state index contributed by atoms with van der Waals surface area (Å²) >= 11 is 0. The minimum atomic E-state index is -5.85. The maximum Gasteiger partial charge on any atom is 0.534 e. The van der Waals surface area contributed by atoms with Crippen molar-refractivity contribution in [1.82, 2.24) is 15.1 Å². The Bertz CT molecular complexity index is 2880. The Kier molecular flexibility index (Phi) is 13.8. The summed E-state index contributed by atoms with van der Waals surface area (Å²) in [5.41, 5.74) is 5.52.